The number of nitrogens with zero attached hydrogens (tertiary/aromatic N) is 2. The molecule has 2 aromatic rings. The molecular weight excluding hydrogens is 212 g/mol. The van der Waals surface area contributed by atoms with Gasteiger partial charge in [0.1, 0.15) is 0 Å². The van der Waals surface area contributed by atoms with E-state index in [1.54, 1.807) is 13.2 Å². The lowest BCUT2D eigenvalue weighted by Crippen LogP contribution is -2.18. The lowest BCUT2D eigenvalue weighted by molar-refractivity contribution is 0.812. The van der Waals surface area contributed by atoms with Crippen LogP contribution in [0.15, 0.2) is 29.3 Å². The molecule has 0 amide bonds. The molecular formula is C14H16N2O. The molecule has 0 unspecified atom stereocenters. The van der Waals surface area contributed by atoms with Crippen LogP contribution in [0.2, 0.25) is 0 Å². The van der Waals surface area contributed by atoms with Gasteiger partial charge in [-0.15, -0.1) is 0 Å². The first-order valence-electron chi connectivity index (χ1n) is 5.60. The average molecular weight is 228 g/mol. The van der Waals surface area contributed by atoms with Gasteiger partial charge in [-0.05, 0) is 43.0 Å². The molecule has 1 aromatic carbocycles. The molecule has 0 saturated heterocycles. The molecule has 0 aliphatic heterocycles. The molecule has 0 radical (unpaired) electrons. The van der Waals surface area contributed by atoms with Crippen molar-refractivity contribution in [3.8, 4) is 11.1 Å². The van der Waals surface area contributed by atoms with E-state index < -0.39 is 0 Å². The quantitative estimate of drug-likeness (QED) is 0.751. The zero-order valence-corrected chi connectivity index (χ0v) is 10.6. The summed E-state index contributed by atoms with van der Waals surface area (Å²) in [6.07, 6.45) is 3.45. The number of hydrogen-bond donors (Lipinski definition) is 0. The molecule has 2 rings (SSSR count). The van der Waals surface area contributed by atoms with Crippen LogP contribution in [0.4, 0.5) is 0 Å². The second-order valence-corrected chi connectivity index (χ2v) is 4.47. The largest absolute Gasteiger partial charge is 0.347 e. The van der Waals surface area contributed by atoms with Crippen molar-refractivity contribution in [1.82, 2.24) is 9.55 Å². The molecule has 0 atom stereocenters. The summed E-state index contributed by atoms with van der Waals surface area (Å²) in [7, 11) is 1.72. The van der Waals surface area contributed by atoms with E-state index in [0.29, 0.717) is 0 Å². The van der Waals surface area contributed by atoms with Gasteiger partial charge in [0.15, 0.2) is 0 Å². The Morgan fingerprint density at radius 3 is 2.18 bits per heavy atom. The highest BCUT2D eigenvalue weighted by Gasteiger charge is 2.04. The van der Waals surface area contributed by atoms with E-state index in [9.17, 15) is 4.79 Å². The SMILES string of the molecule is Cc1cc(-c2cnc(=O)n(C)c2)cc(C)c1C. The molecule has 0 aliphatic rings. The van der Waals surface area contributed by atoms with Gasteiger partial charge in [-0.3, -0.25) is 0 Å². The Hall–Kier alpha value is -1.90. The molecule has 88 valence electrons. The molecule has 0 spiro atoms. The van der Waals surface area contributed by atoms with Gasteiger partial charge >= 0.3 is 5.69 Å². The molecule has 0 aliphatic carbocycles. The normalized spacial score (nSPS) is 10.6. The van der Waals surface area contributed by atoms with Gasteiger partial charge in [0.05, 0.1) is 0 Å². The first-order chi connectivity index (χ1) is 7.99. The third-order valence-corrected chi connectivity index (χ3v) is 3.21. The molecule has 3 heteroatoms. The van der Waals surface area contributed by atoms with Crippen molar-refractivity contribution in [3.63, 3.8) is 0 Å². The zero-order valence-electron chi connectivity index (χ0n) is 10.6. The third-order valence-electron chi connectivity index (χ3n) is 3.21. The van der Waals surface area contributed by atoms with Gasteiger partial charge in [-0.25, -0.2) is 9.78 Å². The highest BCUT2D eigenvalue weighted by Crippen LogP contribution is 2.23. The molecule has 1 heterocycles. The summed E-state index contributed by atoms with van der Waals surface area (Å²) in [5, 5.41) is 0. The monoisotopic (exact) mass is 228 g/mol. The standard InChI is InChI=1S/C14H16N2O/c1-9-5-12(6-10(2)11(9)3)13-7-15-14(17)16(4)8-13/h5-8H,1-4H3. The van der Waals surface area contributed by atoms with Gasteiger partial charge in [-0.2, -0.15) is 0 Å². The Balaban J connectivity index is 2.61. The fourth-order valence-corrected chi connectivity index (χ4v) is 1.86. The van der Waals surface area contributed by atoms with E-state index in [1.807, 2.05) is 6.20 Å². The minimum absolute atomic E-state index is 0.227. The van der Waals surface area contributed by atoms with E-state index in [0.717, 1.165) is 11.1 Å². The van der Waals surface area contributed by atoms with Crippen molar-refractivity contribution in [2.45, 2.75) is 20.8 Å². The summed E-state index contributed by atoms with van der Waals surface area (Å²) < 4.78 is 1.50. The predicted octanol–water partition coefficient (Wildman–Crippen LogP) is 2.37. The van der Waals surface area contributed by atoms with Crippen LogP contribution in [0.25, 0.3) is 11.1 Å². The number of hydrogen-bond acceptors (Lipinski definition) is 2. The maximum atomic E-state index is 11.2. The summed E-state index contributed by atoms with van der Waals surface area (Å²) in [6.45, 7) is 6.32. The summed E-state index contributed by atoms with van der Waals surface area (Å²) in [5.41, 5.74) is 5.68. The third kappa shape index (κ3) is 2.13. The Bertz CT molecular complexity index is 603. The minimum Gasteiger partial charge on any atom is -0.302 e. The fourth-order valence-electron chi connectivity index (χ4n) is 1.86. The number of aryl methyl sites for hydroxylation is 3. The highest BCUT2D eigenvalue weighted by molar-refractivity contribution is 5.64. The Kier molecular flexibility index (Phi) is 2.84. The highest BCUT2D eigenvalue weighted by atomic mass is 16.1. The predicted molar refractivity (Wildman–Crippen MR) is 69.1 cm³/mol. The first kappa shape index (κ1) is 11.6. The molecule has 0 saturated carbocycles. The van der Waals surface area contributed by atoms with E-state index in [2.05, 4.69) is 37.9 Å². The van der Waals surface area contributed by atoms with Crippen LogP contribution in [-0.4, -0.2) is 9.55 Å². The van der Waals surface area contributed by atoms with Crippen LogP contribution in [0.5, 0.6) is 0 Å². The van der Waals surface area contributed by atoms with Gasteiger partial charge < -0.3 is 4.57 Å². The van der Waals surface area contributed by atoms with Crippen molar-refractivity contribution in [2.24, 2.45) is 7.05 Å². The first-order valence-corrected chi connectivity index (χ1v) is 5.60. The Labute approximate surface area is 101 Å². The van der Waals surface area contributed by atoms with Crippen LogP contribution in [0, 0.1) is 20.8 Å². The molecule has 0 N–H and O–H groups in total. The lowest BCUT2D eigenvalue weighted by atomic mass is 9.98. The van der Waals surface area contributed by atoms with Crippen LogP contribution in [-0.2, 0) is 7.05 Å². The summed E-state index contributed by atoms with van der Waals surface area (Å²) in [5.74, 6) is 0. The second-order valence-electron chi connectivity index (χ2n) is 4.47. The Morgan fingerprint density at radius 1 is 1.06 bits per heavy atom. The summed E-state index contributed by atoms with van der Waals surface area (Å²) in [4.78, 5) is 15.1. The smallest absolute Gasteiger partial charge is 0.302 e. The van der Waals surface area contributed by atoms with E-state index in [4.69, 9.17) is 0 Å². The van der Waals surface area contributed by atoms with Gasteiger partial charge in [0, 0.05) is 25.0 Å². The second kappa shape index (κ2) is 4.17. The van der Waals surface area contributed by atoms with Crippen molar-refractivity contribution in [1.29, 1.82) is 0 Å². The van der Waals surface area contributed by atoms with Crippen molar-refractivity contribution in [3.05, 3.63) is 51.7 Å². The number of aromatic nitrogens is 2. The van der Waals surface area contributed by atoms with Crippen LogP contribution in [0.3, 0.4) is 0 Å². The fraction of sp³-hybridized carbons (Fsp3) is 0.286. The summed E-state index contributed by atoms with van der Waals surface area (Å²) >= 11 is 0. The van der Waals surface area contributed by atoms with Gasteiger partial charge in [-0.1, -0.05) is 12.1 Å². The Morgan fingerprint density at radius 2 is 1.65 bits per heavy atom. The zero-order chi connectivity index (χ0) is 12.6. The van der Waals surface area contributed by atoms with Gasteiger partial charge in [0.2, 0.25) is 0 Å². The van der Waals surface area contributed by atoms with E-state index in [-0.39, 0.29) is 5.69 Å². The summed E-state index contributed by atoms with van der Waals surface area (Å²) in [6, 6.07) is 4.26. The molecule has 0 fully saturated rings. The number of rotatable bonds is 1. The molecule has 17 heavy (non-hydrogen) atoms. The maximum absolute atomic E-state index is 11.2. The van der Waals surface area contributed by atoms with Crippen LogP contribution >= 0.6 is 0 Å². The van der Waals surface area contributed by atoms with Crippen molar-refractivity contribution < 1.29 is 0 Å². The van der Waals surface area contributed by atoms with Gasteiger partial charge in [0.25, 0.3) is 0 Å². The van der Waals surface area contributed by atoms with E-state index in [1.165, 1.54) is 21.3 Å². The van der Waals surface area contributed by atoms with Crippen LogP contribution < -0.4 is 5.69 Å². The topological polar surface area (TPSA) is 34.9 Å². The molecule has 3 nitrogen and oxygen atoms in total. The van der Waals surface area contributed by atoms with Crippen molar-refractivity contribution in [2.75, 3.05) is 0 Å². The molecule has 0 bridgehead atoms. The van der Waals surface area contributed by atoms with Crippen molar-refractivity contribution >= 4 is 0 Å². The number of benzene rings is 1. The minimum atomic E-state index is -0.227. The molecule has 1 aromatic heterocycles. The lowest BCUT2D eigenvalue weighted by Gasteiger charge is -2.09. The maximum Gasteiger partial charge on any atom is 0.347 e. The van der Waals surface area contributed by atoms with E-state index >= 15 is 0 Å². The average Bonchev–Trinajstić information content (AvgIpc) is 2.29. The van der Waals surface area contributed by atoms with Crippen LogP contribution in [0.1, 0.15) is 16.7 Å².